The number of nitrogens with zero attached hydrogens (tertiary/aromatic N) is 5. The molecule has 7 heteroatoms. The number of azide groups is 1. The largest absolute Gasteiger partial charge is 0.308 e. The maximum atomic E-state index is 13.4. The molecule has 1 saturated heterocycles. The van der Waals surface area contributed by atoms with Gasteiger partial charge in [0.1, 0.15) is 0 Å². The van der Waals surface area contributed by atoms with Gasteiger partial charge in [-0.05, 0) is 23.6 Å². The van der Waals surface area contributed by atoms with Crippen molar-refractivity contribution in [3.63, 3.8) is 0 Å². The number of carbonyl (C=O) groups excluding carboxylic acids is 1. The van der Waals surface area contributed by atoms with Crippen molar-refractivity contribution in [2.45, 2.75) is 6.42 Å². The lowest BCUT2D eigenvalue weighted by molar-refractivity contribution is -0.117. The first-order valence-electron chi connectivity index (χ1n) is 5.14. The van der Waals surface area contributed by atoms with Crippen molar-refractivity contribution in [3.8, 4) is 0 Å². The predicted molar refractivity (Wildman–Crippen MR) is 58.7 cm³/mol. The van der Waals surface area contributed by atoms with Crippen molar-refractivity contribution in [1.82, 2.24) is 4.98 Å². The van der Waals surface area contributed by atoms with Crippen LogP contribution in [0.15, 0.2) is 23.4 Å². The first-order chi connectivity index (χ1) is 8.22. The molecular weight excluding hydrogens is 225 g/mol. The zero-order valence-corrected chi connectivity index (χ0v) is 8.95. The van der Waals surface area contributed by atoms with Crippen LogP contribution in [-0.4, -0.2) is 24.0 Å². The summed E-state index contributed by atoms with van der Waals surface area (Å²) < 4.78 is 13.4. The van der Waals surface area contributed by atoms with E-state index in [1.807, 2.05) is 0 Å². The van der Waals surface area contributed by atoms with Crippen LogP contribution >= 0.6 is 0 Å². The molecule has 0 spiro atoms. The fourth-order valence-electron chi connectivity index (χ4n) is 1.87. The second kappa shape index (κ2) is 4.80. The molecule has 1 aromatic rings. The van der Waals surface area contributed by atoms with E-state index in [4.69, 9.17) is 5.53 Å². The van der Waals surface area contributed by atoms with Crippen LogP contribution in [0.3, 0.4) is 0 Å². The first-order valence-corrected chi connectivity index (χ1v) is 5.14. The monoisotopic (exact) mass is 235 g/mol. The van der Waals surface area contributed by atoms with Crippen LogP contribution in [0.5, 0.6) is 0 Å². The lowest BCUT2D eigenvalue weighted by atomic mass is 10.1. The predicted octanol–water partition coefficient (Wildman–Crippen LogP) is 1.88. The van der Waals surface area contributed by atoms with E-state index >= 15 is 0 Å². The molecule has 0 N–H and O–H groups in total. The van der Waals surface area contributed by atoms with Gasteiger partial charge in [-0.1, -0.05) is 5.11 Å². The summed E-state index contributed by atoms with van der Waals surface area (Å²) in [5.41, 5.74) is 8.39. The highest BCUT2D eigenvalue weighted by atomic mass is 19.1. The van der Waals surface area contributed by atoms with Crippen LogP contribution in [0.4, 0.5) is 10.1 Å². The Hall–Kier alpha value is -2.14. The Bertz CT molecular complexity index is 485. The molecule has 0 aliphatic carbocycles. The number of anilines is 1. The molecular formula is C10H10FN5O. The number of amides is 1. The van der Waals surface area contributed by atoms with Gasteiger partial charge in [0.25, 0.3) is 0 Å². The topological polar surface area (TPSA) is 82.0 Å². The number of aromatic nitrogens is 1. The summed E-state index contributed by atoms with van der Waals surface area (Å²) in [4.78, 5) is 19.2. The van der Waals surface area contributed by atoms with E-state index in [2.05, 4.69) is 15.0 Å². The van der Waals surface area contributed by atoms with Gasteiger partial charge < -0.3 is 4.90 Å². The minimum atomic E-state index is -0.662. The molecule has 1 aliphatic heterocycles. The summed E-state index contributed by atoms with van der Waals surface area (Å²) >= 11 is 0. The minimum Gasteiger partial charge on any atom is -0.308 e. The molecule has 88 valence electrons. The van der Waals surface area contributed by atoms with Crippen LogP contribution in [0, 0.1) is 11.9 Å². The molecule has 17 heavy (non-hydrogen) atoms. The molecule has 2 heterocycles. The van der Waals surface area contributed by atoms with E-state index in [9.17, 15) is 9.18 Å². The highest BCUT2D eigenvalue weighted by Gasteiger charge is 2.31. The standard InChI is InChI=1S/C10H10FN5O/c11-10-8(2-1-3-13-10)16-6-7(4-9(16)17)5-14-15-12/h1-3,7H,4-6H2. The third-order valence-electron chi connectivity index (χ3n) is 2.64. The Balaban J connectivity index is 2.16. The lowest BCUT2D eigenvalue weighted by Gasteiger charge is -2.16. The summed E-state index contributed by atoms with van der Waals surface area (Å²) in [5, 5.41) is 3.43. The van der Waals surface area contributed by atoms with E-state index < -0.39 is 5.95 Å². The quantitative estimate of drug-likeness (QED) is 0.347. The van der Waals surface area contributed by atoms with E-state index in [0.717, 1.165) is 0 Å². The maximum absolute atomic E-state index is 13.4. The highest BCUT2D eigenvalue weighted by molar-refractivity contribution is 5.95. The lowest BCUT2D eigenvalue weighted by Crippen LogP contribution is -2.26. The van der Waals surface area contributed by atoms with E-state index in [1.165, 1.54) is 17.2 Å². The van der Waals surface area contributed by atoms with Gasteiger partial charge in [-0.3, -0.25) is 4.79 Å². The molecule has 0 radical (unpaired) electrons. The summed E-state index contributed by atoms with van der Waals surface area (Å²) in [7, 11) is 0. The second-order valence-corrected chi connectivity index (χ2v) is 3.80. The van der Waals surface area contributed by atoms with Gasteiger partial charge in [-0.2, -0.15) is 4.39 Å². The third kappa shape index (κ3) is 2.34. The summed E-state index contributed by atoms with van der Waals surface area (Å²) in [6.07, 6.45) is 1.60. The van der Waals surface area contributed by atoms with Crippen molar-refractivity contribution in [3.05, 3.63) is 34.7 Å². The van der Waals surface area contributed by atoms with Gasteiger partial charge >= 0.3 is 0 Å². The molecule has 1 aromatic heterocycles. The molecule has 1 unspecified atom stereocenters. The maximum Gasteiger partial charge on any atom is 0.236 e. The molecule has 1 amide bonds. The van der Waals surface area contributed by atoms with Crippen molar-refractivity contribution >= 4 is 11.6 Å². The number of hydrogen-bond donors (Lipinski definition) is 0. The number of hydrogen-bond acceptors (Lipinski definition) is 3. The van der Waals surface area contributed by atoms with Crippen LogP contribution in [0.25, 0.3) is 10.4 Å². The Kier molecular flexibility index (Phi) is 3.20. The molecule has 1 aliphatic rings. The SMILES string of the molecule is [N-]=[N+]=NCC1CC(=O)N(c2cccnc2F)C1. The van der Waals surface area contributed by atoms with Gasteiger partial charge in [-0.15, -0.1) is 0 Å². The minimum absolute atomic E-state index is 0.0574. The van der Waals surface area contributed by atoms with E-state index in [0.29, 0.717) is 6.54 Å². The van der Waals surface area contributed by atoms with Gasteiger partial charge in [0, 0.05) is 30.6 Å². The van der Waals surface area contributed by atoms with E-state index in [-0.39, 0.29) is 30.5 Å². The molecule has 0 saturated carbocycles. The molecule has 1 atom stereocenters. The Morgan fingerprint density at radius 2 is 2.53 bits per heavy atom. The molecule has 1 fully saturated rings. The van der Waals surface area contributed by atoms with Gasteiger partial charge in [0.15, 0.2) is 0 Å². The summed E-state index contributed by atoms with van der Waals surface area (Å²) in [6.45, 7) is 0.612. The fourth-order valence-corrected chi connectivity index (χ4v) is 1.87. The number of halogens is 1. The average Bonchev–Trinajstić information content (AvgIpc) is 2.68. The fraction of sp³-hybridized carbons (Fsp3) is 0.400. The number of carbonyl (C=O) groups is 1. The number of pyridine rings is 1. The van der Waals surface area contributed by atoms with Crippen LogP contribution in [0.1, 0.15) is 6.42 Å². The molecule has 0 aromatic carbocycles. The zero-order chi connectivity index (χ0) is 12.3. The second-order valence-electron chi connectivity index (χ2n) is 3.80. The molecule has 0 bridgehead atoms. The smallest absolute Gasteiger partial charge is 0.236 e. The third-order valence-corrected chi connectivity index (χ3v) is 2.64. The first kappa shape index (κ1) is 11.3. The van der Waals surface area contributed by atoms with Gasteiger partial charge in [0.05, 0.1) is 5.69 Å². The van der Waals surface area contributed by atoms with Crippen molar-refractivity contribution in [1.29, 1.82) is 0 Å². The Morgan fingerprint density at radius 3 is 3.24 bits per heavy atom. The average molecular weight is 235 g/mol. The van der Waals surface area contributed by atoms with Crippen molar-refractivity contribution in [2.75, 3.05) is 18.0 Å². The summed E-state index contributed by atoms with van der Waals surface area (Å²) in [6, 6.07) is 3.09. The molecule has 2 rings (SSSR count). The zero-order valence-electron chi connectivity index (χ0n) is 8.95. The number of rotatable bonds is 3. The van der Waals surface area contributed by atoms with E-state index in [1.54, 1.807) is 6.07 Å². The normalized spacial score (nSPS) is 19.2. The van der Waals surface area contributed by atoms with Crippen LogP contribution in [0.2, 0.25) is 0 Å². The van der Waals surface area contributed by atoms with Crippen molar-refractivity contribution < 1.29 is 9.18 Å². The molecule has 6 nitrogen and oxygen atoms in total. The Labute approximate surface area is 96.7 Å². The van der Waals surface area contributed by atoms with Crippen LogP contribution in [-0.2, 0) is 4.79 Å². The van der Waals surface area contributed by atoms with Gasteiger partial charge in [-0.25, -0.2) is 4.98 Å². The van der Waals surface area contributed by atoms with Crippen molar-refractivity contribution in [2.24, 2.45) is 11.0 Å². The van der Waals surface area contributed by atoms with Gasteiger partial charge in [0.2, 0.25) is 11.9 Å². The highest BCUT2D eigenvalue weighted by Crippen LogP contribution is 2.26. The Morgan fingerprint density at radius 1 is 1.71 bits per heavy atom. The summed E-state index contributed by atoms with van der Waals surface area (Å²) in [5.74, 6) is -0.890. The van der Waals surface area contributed by atoms with Crippen LogP contribution < -0.4 is 4.90 Å².